The van der Waals surface area contributed by atoms with Crippen LogP contribution in [-0.4, -0.2) is 41.6 Å². The Hall–Kier alpha value is -1.29. The highest BCUT2D eigenvalue weighted by atomic mass is 15.3. The number of piperazine rings is 1. The Morgan fingerprint density at radius 2 is 2.29 bits per heavy atom. The van der Waals surface area contributed by atoms with E-state index in [2.05, 4.69) is 21.7 Å². The molecule has 1 aromatic rings. The van der Waals surface area contributed by atoms with Crippen molar-refractivity contribution in [3.8, 4) is 0 Å². The van der Waals surface area contributed by atoms with E-state index >= 15 is 0 Å². The van der Waals surface area contributed by atoms with Crippen LogP contribution in [0.5, 0.6) is 0 Å². The summed E-state index contributed by atoms with van der Waals surface area (Å²) < 4.78 is 0. The van der Waals surface area contributed by atoms with E-state index in [0.717, 1.165) is 30.5 Å². The lowest BCUT2D eigenvalue weighted by Crippen LogP contribution is -2.55. The zero-order chi connectivity index (χ0) is 11.8. The van der Waals surface area contributed by atoms with Crippen molar-refractivity contribution in [1.29, 1.82) is 0 Å². The SMILES string of the molecule is CC1CN2CCCC2CN1c1ccncc1N. The van der Waals surface area contributed by atoms with Gasteiger partial charge in [0.25, 0.3) is 0 Å². The maximum absolute atomic E-state index is 6.03. The van der Waals surface area contributed by atoms with Crippen molar-refractivity contribution < 1.29 is 0 Å². The van der Waals surface area contributed by atoms with Crippen molar-refractivity contribution in [2.45, 2.75) is 31.8 Å². The lowest BCUT2D eigenvalue weighted by molar-refractivity contribution is 0.203. The predicted octanol–water partition coefficient (Wildman–Crippen LogP) is 1.34. The molecule has 0 aliphatic carbocycles. The van der Waals surface area contributed by atoms with Gasteiger partial charge in [0, 0.05) is 31.4 Å². The van der Waals surface area contributed by atoms with E-state index in [1.807, 2.05) is 12.3 Å². The van der Waals surface area contributed by atoms with E-state index in [0.29, 0.717) is 6.04 Å². The van der Waals surface area contributed by atoms with Crippen molar-refractivity contribution in [3.05, 3.63) is 18.5 Å². The van der Waals surface area contributed by atoms with E-state index in [1.165, 1.54) is 19.4 Å². The topological polar surface area (TPSA) is 45.4 Å². The first kappa shape index (κ1) is 10.8. The molecular formula is C13H20N4. The summed E-state index contributed by atoms with van der Waals surface area (Å²) in [6.07, 6.45) is 6.26. The van der Waals surface area contributed by atoms with Gasteiger partial charge in [0.1, 0.15) is 0 Å². The highest BCUT2D eigenvalue weighted by Crippen LogP contribution is 2.31. The molecule has 2 N–H and O–H groups in total. The molecule has 0 spiro atoms. The molecule has 2 aliphatic rings. The summed E-state index contributed by atoms with van der Waals surface area (Å²) >= 11 is 0. The molecule has 3 rings (SSSR count). The molecule has 2 atom stereocenters. The molecule has 4 heteroatoms. The second kappa shape index (κ2) is 4.18. The monoisotopic (exact) mass is 232 g/mol. The molecule has 1 aromatic heterocycles. The fraction of sp³-hybridized carbons (Fsp3) is 0.615. The van der Waals surface area contributed by atoms with Gasteiger partial charge in [-0.3, -0.25) is 9.88 Å². The first-order valence-electron chi connectivity index (χ1n) is 6.46. The molecule has 0 radical (unpaired) electrons. The van der Waals surface area contributed by atoms with Gasteiger partial charge in [-0.1, -0.05) is 0 Å². The number of aromatic nitrogens is 1. The van der Waals surface area contributed by atoms with E-state index in [9.17, 15) is 0 Å². The average molecular weight is 232 g/mol. The lowest BCUT2D eigenvalue weighted by atomic mass is 10.1. The van der Waals surface area contributed by atoms with Crippen LogP contribution in [0.3, 0.4) is 0 Å². The molecule has 2 unspecified atom stereocenters. The zero-order valence-electron chi connectivity index (χ0n) is 10.3. The number of fused-ring (bicyclic) bond motifs is 1. The van der Waals surface area contributed by atoms with Gasteiger partial charge in [0.2, 0.25) is 0 Å². The highest BCUT2D eigenvalue weighted by molar-refractivity contribution is 5.66. The maximum Gasteiger partial charge on any atom is 0.0738 e. The van der Waals surface area contributed by atoms with Crippen LogP contribution in [0.1, 0.15) is 19.8 Å². The number of nitrogens with two attached hydrogens (primary N) is 1. The van der Waals surface area contributed by atoms with Crippen LogP contribution in [0.4, 0.5) is 11.4 Å². The minimum Gasteiger partial charge on any atom is -0.396 e. The predicted molar refractivity (Wildman–Crippen MR) is 70.1 cm³/mol. The number of hydrogen-bond acceptors (Lipinski definition) is 4. The van der Waals surface area contributed by atoms with Crippen molar-refractivity contribution in [2.75, 3.05) is 30.3 Å². The normalized spacial score (nSPS) is 29.4. The van der Waals surface area contributed by atoms with Crippen LogP contribution in [0.25, 0.3) is 0 Å². The maximum atomic E-state index is 6.03. The van der Waals surface area contributed by atoms with Crippen molar-refractivity contribution >= 4 is 11.4 Å². The average Bonchev–Trinajstić information content (AvgIpc) is 2.76. The van der Waals surface area contributed by atoms with Crippen molar-refractivity contribution in [2.24, 2.45) is 0 Å². The van der Waals surface area contributed by atoms with Crippen LogP contribution in [-0.2, 0) is 0 Å². The molecule has 0 saturated carbocycles. The number of nitrogen functional groups attached to an aromatic ring is 1. The fourth-order valence-electron chi connectivity index (χ4n) is 3.18. The van der Waals surface area contributed by atoms with E-state index in [1.54, 1.807) is 6.20 Å². The number of nitrogens with zero attached hydrogens (tertiary/aromatic N) is 3. The number of rotatable bonds is 1. The molecule has 4 nitrogen and oxygen atoms in total. The van der Waals surface area contributed by atoms with Gasteiger partial charge in [0.05, 0.1) is 17.6 Å². The Kier molecular flexibility index (Phi) is 2.67. The van der Waals surface area contributed by atoms with Gasteiger partial charge >= 0.3 is 0 Å². The summed E-state index contributed by atoms with van der Waals surface area (Å²) in [5, 5.41) is 0. The van der Waals surface area contributed by atoms with Crippen LogP contribution in [0.2, 0.25) is 0 Å². The van der Waals surface area contributed by atoms with Crippen molar-refractivity contribution in [3.63, 3.8) is 0 Å². The van der Waals surface area contributed by atoms with Gasteiger partial charge in [-0.15, -0.1) is 0 Å². The van der Waals surface area contributed by atoms with Gasteiger partial charge in [-0.2, -0.15) is 0 Å². The summed E-state index contributed by atoms with van der Waals surface area (Å²) in [5.41, 5.74) is 7.98. The third-order valence-corrected chi connectivity index (χ3v) is 4.07. The first-order valence-corrected chi connectivity index (χ1v) is 6.46. The Bertz CT molecular complexity index is 406. The molecule has 92 valence electrons. The minimum absolute atomic E-state index is 0.536. The number of pyridine rings is 1. The van der Waals surface area contributed by atoms with Crippen LogP contribution < -0.4 is 10.6 Å². The fourth-order valence-corrected chi connectivity index (χ4v) is 3.18. The van der Waals surface area contributed by atoms with Crippen LogP contribution in [0, 0.1) is 0 Å². The molecule has 3 heterocycles. The minimum atomic E-state index is 0.536. The third-order valence-electron chi connectivity index (χ3n) is 4.07. The van der Waals surface area contributed by atoms with Gasteiger partial charge in [0.15, 0.2) is 0 Å². The van der Waals surface area contributed by atoms with E-state index < -0.39 is 0 Å². The Morgan fingerprint density at radius 1 is 1.41 bits per heavy atom. The third kappa shape index (κ3) is 1.86. The lowest BCUT2D eigenvalue weighted by Gasteiger charge is -2.43. The largest absolute Gasteiger partial charge is 0.396 e. The molecule has 2 fully saturated rings. The Morgan fingerprint density at radius 3 is 3.12 bits per heavy atom. The van der Waals surface area contributed by atoms with E-state index in [-0.39, 0.29) is 0 Å². The van der Waals surface area contributed by atoms with Crippen LogP contribution in [0.15, 0.2) is 18.5 Å². The molecule has 0 aromatic carbocycles. The van der Waals surface area contributed by atoms with E-state index in [4.69, 9.17) is 5.73 Å². The molecule has 2 aliphatic heterocycles. The Balaban J connectivity index is 1.85. The number of anilines is 2. The molecule has 0 amide bonds. The smallest absolute Gasteiger partial charge is 0.0738 e. The summed E-state index contributed by atoms with van der Waals surface area (Å²) in [6.45, 7) is 5.82. The van der Waals surface area contributed by atoms with Gasteiger partial charge < -0.3 is 10.6 Å². The molecule has 2 saturated heterocycles. The second-order valence-corrected chi connectivity index (χ2v) is 5.23. The standard InChI is InChI=1S/C13H20N4/c1-10-8-16-6-2-3-11(16)9-17(10)13-4-5-15-7-12(13)14/h4-5,7,10-11H,2-3,6,8-9,14H2,1H3. The first-order chi connectivity index (χ1) is 8.25. The summed E-state index contributed by atoms with van der Waals surface area (Å²) in [7, 11) is 0. The molecule has 17 heavy (non-hydrogen) atoms. The second-order valence-electron chi connectivity index (χ2n) is 5.23. The Labute approximate surface area is 102 Å². The summed E-state index contributed by atoms with van der Waals surface area (Å²) in [4.78, 5) is 9.14. The van der Waals surface area contributed by atoms with Crippen LogP contribution >= 0.6 is 0 Å². The quantitative estimate of drug-likeness (QED) is 0.793. The molecular weight excluding hydrogens is 212 g/mol. The zero-order valence-corrected chi connectivity index (χ0v) is 10.3. The number of hydrogen-bond donors (Lipinski definition) is 1. The van der Waals surface area contributed by atoms with Gasteiger partial charge in [-0.25, -0.2) is 0 Å². The molecule has 0 bridgehead atoms. The van der Waals surface area contributed by atoms with Gasteiger partial charge in [-0.05, 0) is 32.4 Å². The van der Waals surface area contributed by atoms with Crippen molar-refractivity contribution in [1.82, 2.24) is 9.88 Å². The summed E-state index contributed by atoms with van der Waals surface area (Å²) in [6, 6.07) is 3.30. The summed E-state index contributed by atoms with van der Waals surface area (Å²) in [5.74, 6) is 0. The highest BCUT2D eigenvalue weighted by Gasteiger charge is 2.34.